The Labute approximate surface area is 154 Å². The highest BCUT2D eigenvalue weighted by molar-refractivity contribution is 8.13. The number of rotatable bonds is 5. The van der Waals surface area contributed by atoms with Crippen molar-refractivity contribution < 1.29 is 13.9 Å². The van der Waals surface area contributed by atoms with Crippen molar-refractivity contribution in [2.24, 2.45) is 10.7 Å². The average molecular weight is 370 g/mol. The normalized spacial score (nSPS) is 11.5. The summed E-state index contributed by atoms with van der Waals surface area (Å²) in [4.78, 5) is 16.2. The summed E-state index contributed by atoms with van der Waals surface area (Å²) < 4.78 is 15.6. The molecule has 0 atom stereocenters. The number of aliphatic imine (C=N–C) groups is 1. The van der Waals surface area contributed by atoms with Crippen molar-refractivity contribution >= 4 is 33.6 Å². The zero-order chi connectivity index (χ0) is 18.5. The van der Waals surface area contributed by atoms with E-state index in [1.54, 1.807) is 26.4 Å². The summed E-state index contributed by atoms with van der Waals surface area (Å²) >= 11 is 1.35. The van der Waals surface area contributed by atoms with Crippen molar-refractivity contribution in [1.29, 1.82) is 0 Å². The maximum absolute atomic E-state index is 11.8. The number of hydrogen-bond acceptors (Lipinski definition) is 6. The van der Waals surface area contributed by atoms with Crippen molar-refractivity contribution in [3.8, 4) is 11.5 Å². The van der Waals surface area contributed by atoms with Crippen LogP contribution in [0.5, 0.6) is 11.5 Å². The molecule has 0 saturated carbocycles. The zero-order valence-corrected chi connectivity index (χ0v) is 15.2. The molecule has 26 heavy (non-hydrogen) atoms. The minimum absolute atomic E-state index is 0.396. The Kier molecular flexibility index (Phi) is 5.48. The highest BCUT2D eigenvalue weighted by Crippen LogP contribution is 2.26. The molecule has 3 rings (SSSR count). The van der Waals surface area contributed by atoms with E-state index in [0.717, 1.165) is 10.9 Å². The van der Waals surface area contributed by atoms with Crippen LogP contribution in [-0.2, 0) is 5.75 Å². The molecule has 0 spiro atoms. The van der Waals surface area contributed by atoms with Gasteiger partial charge in [0.15, 0.2) is 5.17 Å². The van der Waals surface area contributed by atoms with Crippen LogP contribution >= 0.6 is 11.8 Å². The highest BCUT2D eigenvalue weighted by atomic mass is 32.2. The monoisotopic (exact) mass is 370 g/mol. The minimum atomic E-state index is -0.412. The molecule has 0 fully saturated rings. The second kappa shape index (κ2) is 7.97. The standard InChI is InChI=1S/C19H18N2O4S/c1-23-14-5-3-4-13(9-14)21-19(20)26-11-12-8-18(22)25-17-10-15(24-2)6-7-16(12)17/h3-10H,11H2,1-2H3,(H2,20,21). The minimum Gasteiger partial charge on any atom is -0.497 e. The molecule has 134 valence electrons. The predicted octanol–water partition coefficient (Wildman–Crippen LogP) is 3.69. The summed E-state index contributed by atoms with van der Waals surface area (Å²) in [6.07, 6.45) is 0. The van der Waals surface area contributed by atoms with Crippen molar-refractivity contribution in [2.75, 3.05) is 14.2 Å². The summed E-state index contributed by atoms with van der Waals surface area (Å²) in [6, 6.07) is 14.2. The molecular formula is C19H18N2O4S. The number of nitrogens with zero attached hydrogens (tertiary/aromatic N) is 1. The Morgan fingerprint density at radius 3 is 2.65 bits per heavy atom. The molecule has 3 aromatic rings. The Morgan fingerprint density at radius 2 is 1.88 bits per heavy atom. The first-order valence-corrected chi connectivity index (χ1v) is 8.79. The van der Waals surface area contributed by atoms with E-state index in [1.807, 2.05) is 30.3 Å². The average Bonchev–Trinajstić information content (AvgIpc) is 2.65. The van der Waals surface area contributed by atoms with E-state index in [0.29, 0.717) is 33.7 Å². The van der Waals surface area contributed by atoms with Gasteiger partial charge in [-0.25, -0.2) is 9.79 Å². The van der Waals surface area contributed by atoms with Gasteiger partial charge in [0.2, 0.25) is 0 Å². The molecule has 6 nitrogen and oxygen atoms in total. The van der Waals surface area contributed by atoms with Gasteiger partial charge in [-0.1, -0.05) is 17.8 Å². The first-order valence-electron chi connectivity index (χ1n) is 7.81. The molecule has 7 heteroatoms. The smallest absolute Gasteiger partial charge is 0.336 e. The van der Waals surface area contributed by atoms with E-state index in [9.17, 15) is 4.79 Å². The third-order valence-corrected chi connectivity index (χ3v) is 4.55. The van der Waals surface area contributed by atoms with Gasteiger partial charge in [-0.2, -0.15) is 0 Å². The van der Waals surface area contributed by atoms with Crippen molar-refractivity contribution in [3.05, 3.63) is 64.5 Å². The molecule has 1 heterocycles. The van der Waals surface area contributed by atoms with E-state index in [4.69, 9.17) is 19.6 Å². The first-order chi connectivity index (χ1) is 12.6. The molecule has 0 unspecified atom stereocenters. The quantitative estimate of drug-likeness (QED) is 0.419. The Balaban J connectivity index is 1.82. The Hall–Kier alpha value is -2.93. The third kappa shape index (κ3) is 4.18. The summed E-state index contributed by atoms with van der Waals surface area (Å²) in [5.41, 5.74) is 7.62. The number of methoxy groups -OCH3 is 2. The van der Waals surface area contributed by atoms with Gasteiger partial charge in [0, 0.05) is 29.3 Å². The second-order valence-corrected chi connectivity index (χ2v) is 6.39. The molecule has 0 aliphatic heterocycles. The van der Waals surface area contributed by atoms with E-state index in [1.165, 1.54) is 17.8 Å². The Bertz CT molecular complexity index is 1010. The van der Waals surface area contributed by atoms with Crippen LogP contribution in [0.15, 0.2) is 62.7 Å². The molecule has 0 aliphatic carbocycles. The van der Waals surface area contributed by atoms with Gasteiger partial charge in [-0.05, 0) is 29.8 Å². The van der Waals surface area contributed by atoms with Crippen LogP contribution in [0.4, 0.5) is 5.69 Å². The van der Waals surface area contributed by atoms with Crippen LogP contribution in [0.2, 0.25) is 0 Å². The van der Waals surface area contributed by atoms with Crippen LogP contribution < -0.4 is 20.8 Å². The third-order valence-electron chi connectivity index (χ3n) is 3.71. The van der Waals surface area contributed by atoms with Crippen molar-refractivity contribution in [3.63, 3.8) is 0 Å². The van der Waals surface area contributed by atoms with Gasteiger partial charge < -0.3 is 19.6 Å². The first kappa shape index (κ1) is 17.9. The maximum atomic E-state index is 11.8. The summed E-state index contributed by atoms with van der Waals surface area (Å²) in [5, 5.41) is 1.24. The van der Waals surface area contributed by atoms with Gasteiger partial charge in [0.05, 0.1) is 19.9 Å². The lowest BCUT2D eigenvalue weighted by atomic mass is 10.1. The molecule has 0 saturated heterocycles. The van der Waals surface area contributed by atoms with E-state index in [-0.39, 0.29) is 0 Å². The van der Waals surface area contributed by atoms with Gasteiger partial charge >= 0.3 is 5.63 Å². The lowest BCUT2D eigenvalue weighted by Gasteiger charge is -2.07. The lowest BCUT2D eigenvalue weighted by molar-refractivity contribution is 0.414. The SMILES string of the molecule is COc1cccc(N=C(N)SCc2cc(=O)oc3cc(OC)ccc23)c1. The molecule has 2 aromatic carbocycles. The molecular weight excluding hydrogens is 352 g/mol. The fraction of sp³-hybridized carbons (Fsp3) is 0.158. The number of fused-ring (bicyclic) bond motifs is 1. The van der Waals surface area contributed by atoms with Crippen molar-refractivity contribution in [2.45, 2.75) is 5.75 Å². The number of nitrogens with two attached hydrogens (primary N) is 1. The molecule has 0 amide bonds. The number of benzene rings is 2. The van der Waals surface area contributed by atoms with Gasteiger partial charge in [-0.15, -0.1) is 0 Å². The predicted molar refractivity (Wildman–Crippen MR) is 105 cm³/mol. The number of thioether (sulfide) groups is 1. The molecule has 0 bridgehead atoms. The van der Waals surface area contributed by atoms with Crippen LogP contribution in [-0.4, -0.2) is 19.4 Å². The van der Waals surface area contributed by atoms with Crippen LogP contribution in [0.1, 0.15) is 5.56 Å². The number of hydrogen-bond donors (Lipinski definition) is 1. The van der Waals surface area contributed by atoms with Crippen LogP contribution in [0.3, 0.4) is 0 Å². The zero-order valence-electron chi connectivity index (χ0n) is 14.4. The maximum Gasteiger partial charge on any atom is 0.336 e. The summed E-state index contributed by atoms with van der Waals surface area (Å²) in [5.74, 6) is 1.84. The van der Waals surface area contributed by atoms with E-state index < -0.39 is 5.63 Å². The Morgan fingerprint density at radius 1 is 1.12 bits per heavy atom. The lowest BCUT2D eigenvalue weighted by Crippen LogP contribution is -2.07. The van der Waals surface area contributed by atoms with Gasteiger partial charge in [0.1, 0.15) is 17.1 Å². The van der Waals surface area contributed by atoms with E-state index in [2.05, 4.69) is 4.99 Å². The molecule has 2 N–H and O–H groups in total. The number of amidine groups is 1. The fourth-order valence-corrected chi connectivity index (χ4v) is 3.16. The van der Waals surface area contributed by atoms with Gasteiger partial charge in [0.25, 0.3) is 0 Å². The van der Waals surface area contributed by atoms with Crippen molar-refractivity contribution in [1.82, 2.24) is 0 Å². The summed E-state index contributed by atoms with van der Waals surface area (Å²) in [6.45, 7) is 0. The highest BCUT2D eigenvalue weighted by Gasteiger charge is 2.08. The molecule has 0 radical (unpaired) electrons. The van der Waals surface area contributed by atoms with Crippen LogP contribution in [0.25, 0.3) is 11.0 Å². The second-order valence-electron chi connectivity index (χ2n) is 5.39. The summed E-state index contributed by atoms with van der Waals surface area (Å²) in [7, 11) is 3.16. The topological polar surface area (TPSA) is 87.1 Å². The largest absolute Gasteiger partial charge is 0.497 e. The molecule has 1 aromatic heterocycles. The number of ether oxygens (including phenoxy) is 2. The fourth-order valence-electron chi connectivity index (χ4n) is 2.45. The molecule has 0 aliphatic rings. The van der Waals surface area contributed by atoms with Crippen LogP contribution in [0, 0.1) is 0 Å². The van der Waals surface area contributed by atoms with E-state index >= 15 is 0 Å². The van der Waals surface area contributed by atoms with Gasteiger partial charge in [-0.3, -0.25) is 0 Å².